The molecule has 2 nitrogen and oxygen atoms in total. The fourth-order valence-electron chi connectivity index (χ4n) is 21.8. The topological polar surface area (TPSA) is 6.48 Å². The first-order valence-electron chi connectivity index (χ1n) is 41.9. The van der Waals surface area contributed by atoms with Crippen LogP contribution in [0.3, 0.4) is 0 Å². The molecular weight excluding hydrogens is 1400 g/mol. The molecule has 0 bridgehead atoms. The second-order valence-corrected chi connectivity index (χ2v) is 36.0. The minimum absolute atomic E-state index is 0.0421. The first-order chi connectivity index (χ1) is 56.2. The Morgan fingerprint density at radius 1 is 0.302 bits per heavy atom. The molecule has 0 heterocycles. The van der Waals surface area contributed by atoms with Gasteiger partial charge in [0.2, 0.25) is 0 Å². The summed E-state index contributed by atoms with van der Waals surface area (Å²) in [5.74, 6) is 0.283. The van der Waals surface area contributed by atoms with E-state index in [1.807, 2.05) is 0 Å². The van der Waals surface area contributed by atoms with Crippen LogP contribution in [-0.2, 0) is 21.7 Å². The minimum Gasteiger partial charge on any atom is -0.313 e. The number of benzene rings is 15. The van der Waals surface area contributed by atoms with Crippen LogP contribution in [0, 0.1) is 27.7 Å². The molecular formula is C114H96N2. The van der Waals surface area contributed by atoms with Crippen LogP contribution in [0.25, 0.3) is 116 Å². The number of para-hydroxylation sites is 1. The molecule has 0 N–H and O–H groups in total. The minimum atomic E-state index is -0.178. The summed E-state index contributed by atoms with van der Waals surface area (Å²) in [6.07, 6.45) is 14.9. The number of fused-ring (bicyclic) bond motifs is 14. The lowest BCUT2D eigenvalue weighted by Gasteiger charge is -2.34. The van der Waals surface area contributed by atoms with Gasteiger partial charge in [-0.1, -0.05) is 304 Å². The van der Waals surface area contributed by atoms with Gasteiger partial charge in [-0.15, -0.1) is 0 Å². The molecule has 6 aliphatic rings. The Morgan fingerprint density at radius 2 is 0.655 bits per heavy atom. The first kappa shape index (κ1) is 71.2. The second-order valence-electron chi connectivity index (χ2n) is 36.0. The molecule has 116 heavy (non-hydrogen) atoms. The van der Waals surface area contributed by atoms with Crippen LogP contribution >= 0.6 is 0 Å². The molecule has 21 rings (SSSR count). The van der Waals surface area contributed by atoms with Crippen molar-refractivity contribution in [2.75, 3.05) is 9.80 Å². The average Bonchev–Trinajstić information content (AvgIpc) is 1.03. The van der Waals surface area contributed by atoms with E-state index in [1.165, 1.54) is 205 Å². The summed E-state index contributed by atoms with van der Waals surface area (Å²) in [5.41, 5.74) is 48.0. The molecule has 6 aliphatic carbocycles. The smallest absolute Gasteiger partial charge is 0.0619 e. The molecule has 0 aromatic heterocycles. The maximum atomic E-state index is 2.62. The predicted octanol–water partition coefficient (Wildman–Crippen LogP) is 31.1. The number of anilines is 5. The van der Waals surface area contributed by atoms with Crippen molar-refractivity contribution >= 4 is 55.6 Å². The Balaban J connectivity index is 0.572. The molecule has 0 saturated carbocycles. The van der Waals surface area contributed by atoms with Crippen molar-refractivity contribution in [2.45, 2.75) is 130 Å². The van der Waals surface area contributed by atoms with Gasteiger partial charge in [0.15, 0.2) is 0 Å². The highest BCUT2D eigenvalue weighted by Gasteiger charge is 2.43. The number of hydrogen-bond acceptors (Lipinski definition) is 2. The van der Waals surface area contributed by atoms with Crippen LogP contribution < -0.4 is 9.80 Å². The van der Waals surface area contributed by atoms with Crippen molar-refractivity contribution in [3.05, 3.63) is 405 Å². The molecule has 0 saturated heterocycles. The summed E-state index contributed by atoms with van der Waals surface area (Å²) >= 11 is 0. The summed E-state index contributed by atoms with van der Waals surface area (Å²) in [6, 6.07) is 112. The highest BCUT2D eigenvalue weighted by molar-refractivity contribution is 6.23. The van der Waals surface area contributed by atoms with E-state index in [2.05, 4.69) is 414 Å². The number of allylic oxidation sites excluding steroid dienone is 8. The van der Waals surface area contributed by atoms with Crippen molar-refractivity contribution in [3.8, 4) is 89.0 Å². The van der Waals surface area contributed by atoms with Crippen molar-refractivity contribution in [1.82, 2.24) is 0 Å². The number of rotatable bonds is 12. The van der Waals surface area contributed by atoms with Crippen LogP contribution in [0.2, 0.25) is 0 Å². The summed E-state index contributed by atoms with van der Waals surface area (Å²) in [6.45, 7) is 28.5. The molecule has 0 aliphatic heterocycles. The van der Waals surface area contributed by atoms with Crippen molar-refractivity contribution < 1.29 is 0 Å². The van der Waals surface area contributed by atoms with E-state index in [0.29, 0.717) is 0 Å². The Bertz CT molecular complexity index is 6710. The van der Waals surface area contributed by atoms with Crippen molar-refractivity contribution in [1.29, 1.82) is 0 Å². The monoisotopic (exact) mass is 1490 g/mol. The van der Waals surface area contributed by atoms with E-state index >= 15 is 0 Å². The molecule has 2 heteroatoms. The van der Waals surface area contributed by atoms with Gasteiger partial charge in [0.1, 0.15) is 0 Å². The summed E-state index contributed by atoms with van der Waals surface area (Å²) in [5, 5.41) is 4.76. The van der Waals surface area contributed by atoms with Crippen LogP contribution in [-0.4, -0.2) is 0 Å². The van der Waals surface area contributed by atoms with Crippen LogP contribution in [0.4, 0.5) is 28.4 Å². The highest BCUT2D eigenvalue weighted by Crippen LogP contribution is 2.59. The van der Waals surface area contributed by atoms with Gasteiger partial charge in [-0.05, 0) is 292 Å². The lowest BCUT2D eigenvalue weighted by molar-refractivity contribution is 0.648. The van der Waals surface area contributed by atoms with Crippen LogP contribution in [0.5, 0.6) is 0 Å². The third-order valence-electron chi connectivity index (χ3n) is 27.7. The molecule has 15 aromatic rings. The van der Waals surface area contributed by atoms with E-state index in [4.69, 9.17) is 0 Å². The molecule has 1 unspecified atom stereocenters. The quantitative estimate of drug-likeness (QED) is 0.0888. The average molecular weight is 1490 g/mol. The fraction of sp³-hybridized carbons (Fsp3) is 0.175. The lowest BCUT2D eigenvalue weighted by Crippen LogP contribution is -2.19. The summed E-state index contributed by atoms with van der Waals surface area (Å²) in [4.78, 5) is 5.07. The van der Waals surface area contributed by atoms with Gasteiger partial charge in [0.25, 0.3) is 0 Å². The molecule has 0 amide bonds. The zero-order chi connectivity index (χ0) is 79.0. The van der Waals surface area contributed by atoms with E-state index in [1.54, 1.807) is 0 Å². The Morgan fingerprint density at radius 3 is 1.10 bits per heavy atom. The third kappa shape index (κ3) is 11.0. The second kappa shape index (κ2) is 26.5. The number of hydrogen-bond donors (Lipinski definition) is 0. The number of nitrogens with zero attached hydrogens (tertiary/aromatic N) is 2. The highest BCUT2D eigenvalue weighted by atomic mass is 15.2. The fourth-order valence-corrected chi connectivity index (χ4v) is 21.8. The van der Waals surface area contributed by atoms with Crippen LogP contribution in [0.15, 0.2) is 333 Å². The van der Waals surface area contributed by atoms with Gasteiger partial charge >= 0.3 is 0 Å². The molecule has 1 atom stereocenters. The van der Waals surface area contributed by atoms with E-state index < -0.39 is 0 Å². The summed E-state index contributed by atoms with van der Waals surface area (Å²) in [7, 11) is 0. The zero-order valence-corrected chi connectivity index (χ0v) is 68.7. The van der Waals surface area contributed by atoms with Gasteiger partial charge in [0.05, 0.1) is 11.4 Å². The lowest BCUT2D eigenvalue weighted by atomic mass is 9.76. The molecule has 15 aromatic carbocycles. The molecule has 0 spiro atoms. The SMILES string of the molecule is Cc1cc(-c2ccc3c(c2)C(C)(C)c2cc(-c4ccc5c(c4)C(C)(C)c4ccccc4-5)ccc2-3)cc(C)c1-c1ccc(N(c2ccccc2)c2c3ccccc3c(N(C3=CC=CCC3)c3ccc(-c4c(C)cc(C5C=C6C(=CC5)c5ccc(-c7ccc8c(c7)C(C)(C)c7ccccc7-8)cc5C6(C)C)cc4C)cc3)c3ccccc23)cc1. The third-order valence-corrected chi connectivity index (χ3v) is 27.7. The molecule has 0 radical (unpaired) electrons. The normalized spacial score (nSPS) is 16.3. The Kier molecular flexibility index (Phi) is 16.2. The van der Waals surface area contributed by atoms with Crippen molar-refractivity contribution in [2.24, 2.45) is 0 Å². The largest absolute Gasteiger partial charge is 0.313 e. The maximum Gasteiger partial charge on any atom is 0.0619 e. The summed E-state index contributed by atoms with van der Waals surface area (Å²) < 4.78 is 0. The maximum absolute atomic E-state index is 2.62. The van der Waals surface area contributed by atoms with Gasteiger partial charge in [-0.25, -0.2) is 0 Å². The van der Waals surface area contributed by atoms with E-state index in [0.717, 1.165) is 42.0 Å². The van der Waals surface area contributed by atoms with Gasteiger partial charge in [-0.3, -0.25) is 0 Å². The standard InChI is InChI=1S/C114H96N2/c1-69-59-81(79-47-57-93-91-55-45-77(65-103(91)113(9,10)105(93)67-79)75-43-53-89-87-31-23-25-37-99(87)111(5,6)101(89)63-75)60-70(2)107(69)73-39-49-85(50-40-73)115(83-27-15-13-16-28-83)109-95-33-19-21-35-97(95)110(98-36-22-20-34-96(98)109)116(84-29-17-14-18-30-84)86-51-41-74(42-52-86)108-71(3)61-82(62-72(108)4)80-48-58-94-92-56-46-78(66-104(92)114(11,12)106(94)68-80)76-44-54-90-88-32-24-26-38-100(88)112(7,8)102(90)64-76/h13-17,19-29,31-47,49-68,80H,18,30,48H2,1-12H3. The Hall–Kier alpha value is -12.6. The predicted molar refractivity (Wildman–Crippen MR) is 493 cm³/mol. The van der Waals surface area contributed by atoms with Gasteiger partial charge in [0, 0.05) is 71.9 Å². The van der Waals surface area contributed by atoms with Crippen LogP contribution in [0.1, 0.15) is 153 Å². The first-order valence-corrected chi connectivity index (χ1v) is 41.9. The number of aryl methyl sites for hydroxylation is 4. The van der Waals surface area contributed by atoms with Gasteiger partial charge in [-0.2, -0.15) is 0 Å². The molecule has 0 fully saturated rings. The Labute approximate surface area is 684 Å². The van der Waals surface area contributed by atoms with Gasteiger partial charge < -0.3 is 9.80 Å². The van der Waals surface area contributed by atoms with E-state index in [9.17, 15) is 0 Å². The molecule has 562 valence electrons. The van der Waals surface area contributed by atoms with Crippen molar-refractivity contribution in [3.63, 3.8) is 0 Å². The zero-order valence-electron chi connectivity index (χ0n) is 68.7. The van der Waals surface area contributed by atoms with E-state index in [-0.39, 0.29) is 27.6 Å².